The van der Waals surface area contributed by atoms with Crippen LogP contribution in [0.2, 0.25) is 0 Å². The number of halogens is 4. The van der Waals surface area contributed by atoms with E-state index in [0.29, 0.717) is 11.1 Å². The molecule has 1 unspecified atom stereocenters. The summed E-state index contributed by atoms with van der Waals surface area (Å²) in [6.45, 7) is 0.0812. The third kappa shape index (κ3) is 5.01. The molecular formula is C12H14F4O2. The van der Waals surface area contributed by atoms with Gasteiger partial charge in [-0.1, -0.05) is 6.07 Å². The van der Waals surface area contributed by atoms with Gasteiger partial charge in [-0.3, -0.25) is 0 Å². The number of rotatable bonds is 5. The van der Waals surface area contributed by atoms with Crippen LogP contribution >= 0.6 is 0 Å². The summed E-state index contributed by atoms with van der Waals surface area (Å²) in [5.41, 5.74) is 1.05. The number of aliphatic hydroxyl groups excluding tert-OH is 1. The molecule has 6 heteroatoms. The van der Waals surface area contributed by atoms with E-state index in [1.807, 2.05) is 0 Å². The first-order chi connectivity index (χ1) is 8.29. The van der Waals surface area contributed by atoms with Crippen molar-refractivity contribution in [2.24, 2.45) is 0 Å². The molecule has 0 saturated heterocycles. The Labute approximate surface area is 102 Å². The number of aryl methyl sites for hydroxylation is 1. The second kappa shape index (κ2) is 6.15. The van der Waals surface area contributed by atoms with Crippen LogP contribution in [0.4, 0.5) is 17.6 Å². The van der Waals surface area contributed by atoms with E-state index in [4.69, 9.17) is 0 Å². The molecule has 2 nitrogen and oxygen atoms in total. The van der Waals surface area contributed by atoms with Crippen molar-refractivity contribution in [1.29, 1.82) is 0 Å². The average Bonchev–Trinajstić information content (AvgIpc) is 2.22. The maximum absolute atomic E-state index is 12.8. The van der Waals surface area contributed by atoms with E-state index < -0.39 is 24.7 Å². The Morgan fingerprint density at radius 2 is 2.00 bits per heavy atom. The zero-order valence-electron chi connectivity index (χ0n) is 9.80. The van der Waals surface area contributed by atoms with E-state index in [1.165, 1.54) is 18.2 Å². The molecule has 0 radical (unpaired) electrons. The molecule has 1 atom stereocenters. The summed E-state index contributed by atoms with van der Waals surface area (Å²) in [5.74, 6) is -0.420. The minimum absolute atomic E-state index is 0.0303. The summed E-state index contributed by atoms with van der Waals surface area (Å²) in [5, 5.41) is 9.74. The number of hydrogen-bond donors (Lipinski definition) is 1. The lowest BCUT2D eigenvalue weighted by Crippen LogP contribution is -2.18. The first-order valence-electron chi connectivity index (χ1n) is 5.38. The molecule has 1 N–H and O–H groups in total. The van der Waals surface area contributed by atoms with Gasteiger partial charge in [-0.25, -0.2) is 4.39 Å². The summed E-state index contributed by atoms with van der Waals surface area (Å²) in [7, 11) is 0. The van der Waals surface area contributed by atoms with Crippen molar-refractivity contribution in [3.8, 4) is 0 Å². The van der Waals surface area contributed by atoms with Gasteiger partial charge in [0.05, 0.1) is 6.10 Å². The van der Waals surface area contributed by atoms with Gasteiger partial charge in [0.2, 0.25) is 0 Å². The van der Waals surface area contributed by atoms with E-state index in [9.17, 15) is 22.7 Å². The monoisotopic (exact) mass is 266 g/mol. The molecule has 0 aliphatic carbocycles. The van der Waals surface area contributed by atoms with Crippen molar-refractivity contribution < 1.29 is 27.4 Å². The molecule has 1 rings (SSSR count). The van der Waals surface area contributed by atoms with Crippen LogP contribution in [-0.2, 0) is 4.74 Å². The van der Waals surface area contributed by atoms with Crippen LogP contribution in [-0.4, -0.2) is 24.5 Å². The van der Waals surface area contributed by atoms with Crippen LogP contribution in [0.5, 0.6) is 0 Å². The Hall–Kier alpha value is -1.14. The Balaban J connectivity index is 2.43. The Morgan fingerprint density at radius 1 is 1.33 bits per heavy atom. The normalized spacial score (nSPS) is 13.7. The fraction of sp³-hybridized carbons (Fsp3) is 0.500. The molecule has 0 spiro atoms. The smallest absolute Gasteiger partial charge is 0.388 e. The predicted octanol–water partition coefficient (Wildman–Crippen LogP) is 3.14. The minimum Gasteiger partial charge on any atom is -0.388 e. The fourth-order valence-electron chi connectivity index (χ4n) is 1.55. The molecule has 18 heavy (non-hydrogen) atoms. The first-order valence-corrected chi connectivity index (χ1v) is 5.38. The van der Waals surface area contributed by atoms with E-state index in [0.717, 1.165) is 0 Å². The summed E-state index contributed by atoms with van der Waals surface area (Å²) < 4.78 is 52.6. The topological polar surface area (TPSA) is 29.5 Å². The van der Waals surface area contributed by atoms with Crippen LogP contribution in [0.1, 0.15) is 23.7 Å². The number of ether oxygens (including phenoxy) is 1. The standard InChI is InChI=1S/C12H14F4O2/c1-8-6-9(13)2-3-10(8)11(17)4-5-18-7-12(14,15)16/h2-3,6,11,17H,4-5,7H2,1H3. The van der Waals surface area contributed by atoms with Crippen molar-refractivity contribution >= 4 is 0 Å². The third-order valence-electron chi connectivity index (χ3n) is 2.39. The SMILES string of the molecule is Cc1cc(F)ccc1C(O)CCOCC(F)(F)F. The van der Waals surface area contributed by atoms with Gasteiger partial charge in [0.25, 0.3) is 0 Å². The van der Waals surface area contributed by atoms with Gasteiger partial charge in [0.1, 0.15) is 12.4 Å². The zero-order chi connectivity index (χ0) is 13.8. The molecule has 0 aliphatic rings. The highest BCUT2D eigenvalue weighted by molar-refractivity contribution is 5.28. The van der Waals surface area contributed by atoms with E-state index in [-0.39, 0.29) is 13.0 Å². The number of alkyl halides is 3. The van der Waals surface area contributed by atoms with Crippen molar-refractivity contribution in [3.63, 3.8) is 0 Å². The lowest BCUT2D eigenvalue weighted by molar-refractivity contribution is -0.175. The van der Waals surface area contributed by atoms with Crippen molar-refractivity contribution in [1.82, 2.24) is 0 Å². The number of aliphatic hydroxyl groups is 1. The number of benzene rings is 1. The molecule has 0 bridgehead atoms. The van der Waals surface area contributed by atoms with Gasteiger partial charge in [-0.2, -0.15) is 13.2 Å². The second-order valence-electron chi connectivity index (χ2n) is 3.97. The van der Waals surface area contributed by atoms with Gasteiger partial charge in [0.15, 0.2) is 0 Å². The largest absolute Gasteiger partial charge is 0.411 e. The zero-order valence-corrected chi connectivity index (χ0v) is 9.80. The van der Waals surface area contributed by atoms with Crippen LogP contribution in [0, 0.1) is 12.7 Å². The summed E-state index contributed by atoms with van der Waals surface area (Å²) in [4.78, 5) is 0. The molecular weight excluding hydrogens is 252 g/mol. The number of hydrogen-bond acceptors (Lipinski definition) is 2. The predicted molar refractivity (Wildman–Crippen MR) is 57.6 cm³/mol. The molecule has 0 fully saturated rings. The van der Waals surface area contributed by atoms with E-state index >= 15 is 0 Å². The molecule has 0 amide bonds. The summed E-state index contributed by atoms with van der Waals surface area (Å²) in [6.07, 6.45) is -5.29. The van der Waals surface area contributed by atoms with Crippen molar-refractivity contribution in [2.75, 3.05) is 13.2 Å². The first kappa shape index (κ1) is 14.9. The molecule has 0 heterocycles. The quantitative estimate of drug-likeness (QED) is 0.655. The van der Waals surface area contributed by atoms with Gasteiger partial charge in [0, 0.05) is 13.0 Å². The highest BCUT2D eigenvalue weighted by Gasteiger charge is 2.27. The molecule has 0 aliphatic heterocycles. The van der Waals surface area contributed by atoms with Crippen LogP contribution in [0.25, 0.3) is 0 Å². The maximum Gasteiger partial charge on any atom is 0.411 e. The van der Waals surface area contributed by atoms with Crippen LogP contribution in [0.15, 0.2) is 18.2 Å². The van der Waals surface area contributed by atoms with Gasteiger partial charge in [-0.05, 0) is 30.2 Å². The van der Waals surface area contributed by atoms with E-state index in [2.05, 4.69) is 4.74 Å². The molecule has 102 valence electrons. The highest BCUT2D eigenvalue weighted by atomic mass is 19.4. The fourth-order valence-corrected chi connectivity index (χ4v) is 1.55. The Kier molecular flexibility index (Phi) is 5.10. The summed E-state index contributed by atoms with van der Waals surface area (Å²) >= 11 is 0. The molecule has 0 aromatic heterocycles. The lowest BCUT2D eigenvalue weighted by atomic mass is 10.0. The maximum atomic E-state index is 12.8. The Morgan fingerprint density at radius 3 is 2.56 bits per heavy atom. The lowest BCUT2D eigenvalue weighted by Gasteiger charge is -2.14. The van der Waals surface area contributed by atoms with Crippen molar-refractivity contribution in [2.45, 2.75) is 25.6 Å². The molecule has 0 saturated carbocycles. The van der Waals surface area contributed by atoms with Crippen molar-refractivity contribution in [3.05, 3.63) is 35.1 Å². The highest BCUT2D eigenvalue weighted by Crippen LogP contribution is 2.22. The van der Waals surface area contributed by atoms with Crippen LogP contribution < -0.4 is 0 Å². The van der Waals surface area contributed by atoms with E-state index in [1.54, 1.807) is 6.92 Å². The molecule has 1 aromatic rings. The van der Waals surface area contributed by atoms with Gasteiger partial charge >= 0.3 is 6.18 Å². The third-order valence-corrected chi connectivity index (χ3v) is 2.39. The average molecular weight is 266 g/mol. The van der Waals surface area contributed by atoms with Crippen LogP contribution in [0.3, 0.4) is 0 Å². The van der Waals surface area contributed by atoms with Gasteiger partial charge in [-0.15, -0.1) is 0 Å². The van der Waals surface area contributed by atoms with Gasteiger partial charge < -0.3 is 9.84 Å². The molecule has 1 aromatic carbocycles. The summed E-state index contributed by atoms with van der Waals surface area (Å²) in [6, 6.07) is 3.87. The minimum atomic E-state index is -4.36. The second-order valence-corrected chi connectivity index (χ2v) is 3.97. The Bertz CT molecular complexity index is 390.